The molecule has 2 N–H and O–H groups in total. The van der Waals surface area contributed by atoms with Gasteiger partial charge in [0.15, 0.2) is 5.76 Å². The van der Waals surface area contributed by atoms with Crippen LogP contribution in [0.2, 0.25) is 0 Å². The molecule has 0 radical (unpaired) electrons. The molecule has 3 rings (SSSR count). The van der Waals surface area contributed by atoms with Crippen LogP contribution in [0.5, 0.6) is 0 Å². The molecule has 1 atom stereocenters. The van der Waals surface area contributed by atoms with Crippen LogP contribution in [0.15, 0.2) is 40.8 Å². The highest BCUT2D eigenvalue weighted by Gasteiger charge is 2.30. The van der Waals surface area contributed by atoms with E-state index in [1.54, 1.807) is 12.1 Å². The second-order valence-electron chi connectivity index (χ2n) is 7.55. The van der Waals surface area contributed by atoms with Crippen LogP contribution in [0.3, 0.4) is 0 Å². The third kappa shape index (κ3) is 4.81. The molecule has 1 aliphatic heterocycles. The summed E-state index contributed by atoms with van der Waals surface area (Å²) < 4.78 is 11.0. The van der Waals surface area contributed by atoms with Crippen LogP contribution >= 0.6 is 0 Å². The van der Waals surface area contributed by atoms with Gasteiger partial charge in [0.05, 0.1) is 5.92 Å². The van der Waals surface area contributed by atoms with Crippen molar-refractivity contribution in [3.63, 3.8) is 0 Å². The number of furan rings is 1. The Kier molecular flexibility index (Phi) is 6.52. The molecule has 6 heteroatoms. The van der Waals surface area contributed by atoms with Gasteiger partial charge in [0.2, 0.25) is 0 Å². The van der Waals surface area contributed by atoms with Gasteiger partial charge in [0.1, 0.15) is 5.76 Å². The first-order valence-corrected chi connectivity index (χ1v) is 9.74. The molecule has 1 aromatic carbocycles. The molecule has 0 aliphatic carbocycles. The Morgan fingerprint density at radius 3 is 2.61 bits per heavy atom. The number of hydrogen-bond donors (Lipinski definition) is 2. The first-order chi connectivity index (χ1) is 13.5. The minimum Gasteiger partial charge on any atom is -0.481 e. The van der Waals surface area contributed by atoms with E-state index < -0.39 is 17.8 Å². The van der Waals surface area contributed by atoms with Crippen LogP contribution in [-0.2, 0) is 9.53 Å². The second-order valence-corrected chi connectivity index (χ2v) is 7.55. The van der Waals surface area contributed by atoms with E-state index in [2.05, 4.69) is 31.3 Å². The molecular formula is C22H27NO5. The molecule has 0 spiro atoms. The molecule has 1 unspecified atom stereocenters. The zero-order valence-corrected chi connectivity index (χ0v) is 16.3. The Morgan fingerprint density at radius 2 is 1.93 bits per heavy atom. The van der Waals surface area contributed by atoms with Gasteiger partial charge in [-0.15, -0.1) is 0 Å². The second kappa shape index (κ2) is 9.06. The van der Waals surface area contributed by atoms with Gasteiger partial charge in [0, 0.05) is 25.3 Å². The van der Waals surface area contributed by atoms with E-state index in [1.807, 2.05) is 12.1 Å². The van der Waals surface area contributed by atoms with E-state index >= 15 is 0 Å². The summed E-state index contributed by atoms with van der Waals surface area (Å²) in [4.78, 5) is 24.1. The molecule has 1 aromatic heterocycles. The van der Waals surface area contributed by atoms with Gasteiger partial charge >= 0.3 is 5.97 Å². The zero-order valence-electron chi connectivity index (χ0n) is 16.3. The first-order valence-electron chi connectivity index (χ1n) is 9.74. The Hall–Kier alpha value is -2.60. The van der Waals surface area contributed by atoms with Crippen molar-refractivity contribution in [2.24, 2.45) is 11.8 Å². The highest BCUT2D eigenvalue weighted by molar-refractivity contribution is 5.92. The lowest BCUT2D eigenvalue weighted by molar-refractivity contribution is -0.144. The van der Waals surface area contributed by atoms with Gasteiger partial charge in [-0.3, -0.25) is 9.59 Å². The predicted molar refractivity (Wildman–Crippen MR) is 105 cm³/mol. The van der Waals surface area contributed by atoms with Crippen LogP contribution in [0.1, 0.15) is 48.7 Å². The van der Waals surface area contributed by atoms with Crippen molar-refractivity contribution in [1.29, 1.82) is 0 Å². The Labute approximate surface area is 164 Å². The van der Waals surface area contributed by atoms with Crippen molar-refractivity contribution in [2.75, 3.05) is 19.8 Å². The maximum atomic E-state index is 12.5. The smallest absolute Gasteiger partial charge is 0.308 e. The third-order valence-electron chi connectivity index (χ3n) is 5.30. The van der Waals surface area contributed by atoms with Crippen molar-refractivity contribution in [1.82, 2.24) is 5.32 Å². The predicted octanol–water partition coefficient (Wildman–Crippen LogP) is 3.93. The lowest BCUT2D eigenvalue weighted by atomic mass is 9.86. The van der Waals surface area contributed by atoms with Crippen molar-refractivity contribution in [2.45, 2.75) is 32.6 Å². The first kappa shape index (κ1) is 20.1. The number of carbonyl (C=O) groups excluding carboxylic acids is 1. The van der Waals surface area contributed by atoms with E-state index in [0.717, 1.165) is 5.56 Å². The fourth-order valence-corrected chi connectivity index (χ4v) is 3.53. The standard InChI is InChI=1S/C22H27NO5/c1-14(2)16-4-3-5-17(12-16)19-6-7-20(28-19)21(24)23-13-18(22(25)26)15-8-10-27-11-9-15/h3-7,12,14-15,18H,8-11,13H2,1-2H3,(H,23,24)(H,25,26). The zero-order chi connectivity index (χ0) is 20.1. The molecule has 1 fully saturated rings. The highest BCUT2D eigenvalue weighted by Crippen LogP contribution is 2.26. The molecule has 1 aliphatic rings. The number of nitrogens with one attached hydrogen (secondary N) is 1. The van der Waals surface area contributed by atoms with E-state index in [0.29, 0.717) is 37.7 Å². The summed E-state index contributed by atoms with van der Waals surface area (Å²) >= 11 is 0. The van der Waals surface area contributed by atoms with E-state index in [-0.39, 0.29) is 18.2 Å². The lowest BCUT2D eigenvalue weighted by Gasteiger charge is -2.27. The topological polar surface area (TPSA) is 88.8 Å². The third-order valence-corrected chi connectivity index (χ3v) is 5.30. The number of carbonyl (C=O) groups is 2. The van der Waals surface area contributed by atoms with E-state index in [1.165, 1.54) is 5.56 Å². The van der Waals surface area contributed by atoms with Crippen LogP contribution < -0.4 is 5.32 Å². The van der Waals surface area contributed by atoms with Gasteiger partial charge in [-0.25, -0.2) is 0 Å². The number of ether oxygens (including phenoxy) is 1. The molecule has 2 aromatic rings. The fourth-order valence-electron chi connectivity index (χ4n) is 3.53. The number of carboxylic acid groups (broad SMARTS) is 1. The number of benzene rings is 1. The van der Waals surface area contributed by atoms with E-state index in [9.17, 15) is 14.7 Å². The van der Waals surface area contributed by atoms with Crippen LogP contribution in [-0.4, -0.2) is 36.7 Å². The van der Waals surface area contributed by atoms with Gasteiger partial charge < -0.3 is 19.6 Å². The summed E-state index contributed by atoms with van der Waals surface area (Å²) in [6, 6.07) is 11.4. The number of aliphatic carboxylic acids is 1. The van der Waals surface area contributed by atoms with E-state index in [4.69, 9.17) is 9.15 Å². The molecule has 2 heterocycles. The molecule has 6 nitrogen and oxygen atoms in total. The molecular weight excluding hydrogens is 358 g/mol. The maximum absolute atomic E-state index is 12.5. The molecule has 28 heavy (non-hydrogen) atoms. The molecule has 1 amide bonds. The van der Waals surface area contributed by atoms with Crippen molar-refractivity contribution in [3.05, 3.63) is 47.7 Å². The average molecular weight is 385 g/mol. The molecule has 0 saturated carbocycles. The molecule has 1 saturated heterocycles. The minimum atomic E-state index is -0.891. The van der Waals surface area contributed by atoms with Crippen LogP contribution in [0, 0.1) is 11.8 Å². The average Bonchev–Trinajstić information content (AvgIpc) is 3.19. The summed E-state index contributed by atoms with van der Waals surface area (Å²) in [5, 5.41) is 12.2. The summed E-state index contributed by atoms with van der Waals surface area (Å²) in [5.41, 5.74) is 2.11. The summed E-state index contributed by atoms with van der Waals surface area (Å²) in [5.74, 6) is -0.700. The van der Waals surface area contributed by atoms with Crippen molar-refractivity contribution in [3.8, 4) is 11.3 Å². The fraction of sp³-hybridized carbons (Fsp3) is 0.455. The monoisotopic (exact) mass is 385 g/mol. The van der Waals surface area contributed by atoms with Gasteiger partial charge in [-0.1, -0.05) is 32.0 Å². The Morgan fingerprint density at radius 1 is 1.18 bits per heavy atom. The molecule has 0 bridgehead atoms. The summed E-state index contributed by atoms with van der Waals surface area (Å²) in [6.07, 6.45) is 1.40. The van der Waals surface area contributed by atoms with Crippen molar-refractivity contribution >= 4 is 11.9 Å². The lowest BCUT2D eigenvalue weighted by Crippen LogP contribution is -2.38. The number of amides is 1. The normalized spacial score (nSPS) is 16.1. The minimum absolute atomic E-state index is 0.0116. The molecule has 150 valence electrons. The Bertz CT molecular complexity index is 820. The van der Waals surface area contributed by atoms with Gasteiger partial charge in [-0.2, -0.15) is 0 Å². The maximum Gasteiger partial charge on any atom is 0.308 e. The summed E-state index contributed by atoms with van der Waals surface area (Å²) in [6.45, 7) is 5.46. The van der Waals surface area contributed by atoms with Crippen molar-refractivity contribution < 1.29 is 23.8 Å². The number of carboxylic acids is 1. The quantitative estimate of drug-likeness (QED) is 0.754. The Balaban J connectivity index is 1.65. The SMILES string of the molecule is CC(C)c1cccc(-c2ccc(C(=O)NCC(C(=O)O)C3CCOCC3)o2)c1. The summed E-state index contributed by atoms with van der Waals surface area (Å²) in [7, 11) is 0. The largest absolute Gasteiger partial charge is 0.481 e. The van der Waals surface area contributed by atoms with Crippen LogP contribution in [0.25, 0.3) is 11.3 Å². The van der Waals surface area contributed by atoms with Gasteiger partial charge in [0.25, 0.3) is 5.91 Å². The highest BCUT2D eigenvalue weighted by atomic mass is 16.5. The number of rotatable bonds is 7. The number of hydrogen-bond acceptors (Lipinski definition) is 4. The van der Waals surface area contributed by atoms with Gasteiger partial charge in [-0.05, 0) is 48.4 Å². The van der Waals surface area contributed by atoms with Crippen LogP contribution in [0.4, 0.5) is 0 Å².